The minimum atomic E-state index is -0.520. The molecule has 1 heterocycles. The zero-order valence-corrected chi connectivity index (χ0v) is 14.1. The fourth-order valence-electron chi connectivity index (χ4n) is 3.41. The molecule has 0 aromatic heterocycles. The highest BCUT2D eigenvalue weighted by atomic mass is 19.1. The van der Waals surface area contributed by atoms with Crippen LogP contribution in [-0.2, 0) is 6.54 Å². The van der Waals surface area contributed by atoms with Crippen molar-refractivity contribution in [2.24, 2.45) is 0 Å². The molecule has 2 nitrogen and oxygen atoms in total. The van der Waals surface area contributed by atoms with Crippen molar-refractivity contribution in [3.8, 4) is 0 Å². The van der Waals surface area contributed by atoms with Gasteiger partial charge in [-0.25, -0.2) is 8.78 Å². The van der Waals surface area contributed by atoms with Gasteiger partial charge < -0.3 is 0 Å². The molecule has 2 aromatic rings. The molecule has 2 aromatic carbocycles. The molecular formula is C20H24F2N2. The van der Waals surface area contributed by atoms with Crippen LogP contribution < -0.4 is 0 Å². The molecule has 0 N–H and O–H groups in total. The van der Waals surface area contributed by atoms with Crippen molar-refractivity contribution in [1.29, 1.82) is 0 Å². The van der Waals surface area contributed by atoms with Crippen LogP contribution in [0, 0.1) is 11.6 Å². The quantitative estimate of drug-likeness (QED) is 0.827. The third-order valence-corrected chi connectivity index (χ3v) is 4.83. The minimum Gasteiger partial charge on any atom is -0.298 e. The predicted octanol–water partition coefficient (Wildman–Crippen LogP) is 4.23. The molecule has 3 rings (SSSR count). The second kappa shape index (κ2) is 7.86. The summed E-state index contributed by atoms with van der Waals surface area (Å²) in [7, 11) is 0. The van der Waals surface area contributed by atoms with Gasteiger partial charge in [0.15, 0.2) is 0 Å². The van der Waals surface area contributed by atoms with Crippen LogP contribution in [-0.4, -0.2) is 36.0 Å². The van der Waals surface area contributed by atoms with Crippen LogP contribution in [0.15, 0.2) is 48.5 Å². The zero-order chi connectivity index (χ0) is 16.9. The van der Waals surface area contributed by atoms with E-state index in [0.29, 0.717) is 5.56 Å². The molecular weight excluding hydrogens is 306 g/mol. The van der Waals surface area contributed by atoms with Crippen LogP contribution in [0.5, 0.6) is 0 Å². The minimum absolute atomic E-state index is 0.0396. The van der Waals surface area contributed by atoms with Crippen molar-refractivity contribution in [3.63, 3.8) is 0 Å². The van der Waals surface area contributed by atoms with Gasteiger partial charge in [0.2, 0.25) is 0 Å². The lowest BCUT2D eigenvalue weighted by Crippen LogP contribution is -2.32. The van der Waals surface area contributed by atoms with Crippen molar-refractivity contribution < 1.29 is 8.78 Å². The summed E-state index contributed by atoms with van der Waals surface area (Å²) in [5, 5.41) is 0. The monoisotopic (exact) mass is 330 g/mol. The molecule has 1 aliphatic rings. The highest BCUT2D eigenvalue weighted by Crippen LogP contribution is 2.25. The molecule has 0 saturated carbocycles. The van der Waals surface area contributed by atoms with Crippen molar-refractivity contribution >= 4 is 0 Å². The molecule has 128 valence electrons. The molecule has 0 amide bonds. The Morgan fingerprint density at radius 1 is 0.958 bits per heavy atom. The molecule has 1 unspecified atom stereocenters. The van der Waals surface area contributed by atoms with E-state index in [2.05, 4.69) is 34.1 Å². The van der Waals surface area contributed by atoms with E-state index in [1.54, 1.807) is 6.07 Å². The molecule has 0 bridgehead atoms. The molecule has 0 aliphatic carbocycles. The Morgan fingerprint density at radius 3 is 2.50 bits per heavy atom. The Hall–Kier alpha value is -1.78. The molecule has 1 atom stereocenters. The summed E-state index contributed by atoms with van der Waals surface area (Å²) in [5.41, 5.74) is 1.90. The second-order valence-electron chi connectivity index (χ2n) is 6.49. The van der Waals surface area contributed by atoms with E-state index < -0.39 is 11.6 Å². The average Bonchev–Trinajstić information content (AvgIpc) is 2.81. The van der Waals surface area contributed by atoms with Crippen LogP contribution in [0.2, 0.25) is 0 Å². The molecule has 4 heteroatoms. The number of nitrogens with zero attached hydrogens (tertiary/aromatic N) is 2. The van der Waals surface area contributed by atoms with Crippen molar-refractivity contribution in [2.45, 2.75) is 25.9 Å². The van der Waals surface area contributed by atoms with Gasteiger partial charge >= 0.3 is 0 Å². The van der Waals surface area contributed by atoms with Gasteiger partial charge in [-0.3, -0.25) is 9.80 Å². The van der Waals surface area contributed by atoms with E-state index in [9.17, 15) is 8.78 Å². The lowest BCUT2D eigenvalue weighted by molar-refractivity contribution is 0.205. The molecule has 1 saturated heterocycles. The highest BCUT2D eigenvalue weighted by molar-refractivity contribution is 5.22. The summed E-state index contributed by atoms with van der Waals surface area (Å²) in [6.07, 6.45) is 1.06. The Kier molecular flexibility index (Phi) is 5.59. The topological polar surface area (TPSA) is 6.48 Å². The molecule has 24 heavy (non-hydrogen) atoms. The van der Waals surface area contributed by atoms with Crippen LogP contribution in [0.25, 0.3) is 0 Å². The van der Waals surface area contributed by atoms with Gasteiger partial charge in [-0.05, 0) is 31.5 Å². The third-order valence-electron chi connectivity index (χ3n) is 4.83. The van der Waals surface area contributed by atoms with Crippen molar-refractivity contribution in [3.05, 3.63) is 71.3 Å². The van der Waals surface area contributed by atoms with Gasteiger partial charge in [0.1, 0.15) is 11.6 Å². The van der Waals surface area contributed by atoms with Gasteiger partial charge in [0.25, 0.3) is 0 Å². The average molecular weight is 330 g/mol. The molecule has 1 aliphatic heterocycles. The maximum atomic E-state index is 14.0. The first-order chi connectivity index (χ1) is 11.6. The van der Waals surface area contributed by atoms with Crippen LogP contribution >= 0.6 is 0 Å². The van der Waals surface area contributed by atoms with Crippen LogP contribution in [0.4, 0.5) is 8.78 Å². The summed E-state index contributed by atoms with van der Waals surface area (Å²) in [4.78, 5) is 4.74. The SMILES string of the molecule is CC(c1ccc(F)cc1F)N1CCCN(Cc2ccccc2)CC1. The van der Waals surface area contributed by atoms with Crippen molar-refractivity contribution in [2.75, 3.05) is 26.2 Å². The molecule has 0 spiro atoms. The normalized spacial score (nSPS) is 18.3. The van der Waals surface area contributed by atoms with Gasteiger partial charge in [0.05, 0.1) is 0 Å². The Morgan fingerprint density at radius 2 is 1.75 bits per heavy atom. The number of rotatable bonds is 4. The number of benzene rings is 2. The summed E-state index contributed by atoms with van der Waals surface area (Å²) in [5.74, 6) is -0.971. The van der Waals surface area contributed by atoms with Gasteiger partial charge in [-0.2, -0.15) is 0 Å². The Balaban J connectivity index is 1.62. The predicted molar refractivity (Wildman–Crippen MR) is 92.7 cm³/mol. The fraction of sp³-hybridized carbons (Fsp3) is 0.400. The second-order valence-corrected chi connectivity index (χ2v) is 6.49. The fourth-order valence-corrected chi connectivity index (χ4v) is 3.41. The standard InChI is InChI=1S/C20H24F2N2/c1-16(19-9-8-18(21)14-20(19)22)24-11-5-10-23(12-13-24)15-17-6-3-2-4-7-17/h2-4,6-9,14,16H,5,10-13,15H2,1H3. The largest absolute Gasteiger partial charge is 0.298 e. The lowest BCUT2D eigenvalue weighted by atomic mass is 10.1. The van der Waals surface area contributed by atoms with Gasteiger partial charge in [-0.1, -0.05) is 36.4 Å². The molecule has 0 radical (unpaired) electrons. The first-order valence-corrected chi connectivity index (χ1v) is 8.59. The van der Waals surface area contributed by atoms with Gasteiger partial charge in [0, 0.05) is 43.9 Å². The molecule has 1 fully saturated rings. The summed E-state index contributed by atoms with van der Waals surface area (Å²) in [6.45, 7) is 6.79. The summed E-state index contributed by atoms with van der Waals surface area (Å²) < 4.78 is 27.2. The Labute approximate surface area is 142 Å². The van der Waals surface area contributed by atoms with Crippen LogP contribution in [0.3, 0.4) is 0 Å². The maximum Gasteiger partial charge on any atom is 0.130 e. The van der Waals surface area contributed by atoms with Crippen molar-refractivity contribution in [1.82, 2.24) is 9.80 Å². The number of halogens is 2. The lowest BCUT2D eigenvalue weighted by Gasteiger charge is -2.28. The summed E-state index contributed by atoms with van der Waals surface area (Å²) >= 11 is 0. The van der Waals surface area contributed by atoms with E-state index in [1.165, 1.54) is 11.6 Å². The highest BCUT2D eigenvalue weighted by Gasteiger charge is 2.22. The first kappa shape index (κ1) is 17.1. The van der Waals surface area contributed by atoms with E-state index in [1.807, 2.05) is 13.0 Å². The van der Waals surface area contributed by atoms with Crippen LogP contribution in [0.1, 0.15) is 30.5 Å². The Bertz CT molecular complexity index is 660. The smallest absolute Gasteiger partial charge is 0.130 e. The van der Waals surface area contributed by atoms with Gasteiger partial charge in [-0.15, -0.1) is 0 Å². The summed E-state index contributed by atoms with van der Waals surface area (Å²) in [6, 6.07) is 14.3. The zero-order valence-electron chi connectivity index (χ0n) is 14.1. The van der Waals surface area contributed by atoms with E-state index in [-0.39, 0.29) is 6.04 Å². The maximum absolute atomic E-state index is 14.0. The number of hydrogen-bond donors (Lipinski definition) is 0. The number of hydrogen-bond acceptors (Lipinski definition) is 2. The van der Waals surface area contributed by atoms with E-state index >= 15 is 0 Å². The first-order valence-electron chi connectivity index (χ1n) is 8.59. The van der Waals surface area contributed by atoms with E-state index in [4.69, 9.17) is 0 Å². The third kappa shape index (κ3) is 4.19. The van der Waals surface area contributed by atoms with E-state index in [0.717, 1.165) is 45.2 Å².